The first-order valence-electron chi connectivity index (χ1n) is 11.0. The predicted octanol–water partition coefficient (Wildman–Crippen LogP) is 3.91. The zero-order valence-electron chi connectivity index (χ0n) is 19.2. The summed E-state index contributed by atoms with van der Waals surface area (Å²) in [5.41, 5.74) is 1.68. The fraction of sp³-hybridized carbons (Fsp3) is 0.0370. The first-order valence-corrected chi connectivity index (χ1v) is 12.5. The molecule has 0 saturated carbocycles. The van der Waals surface area contributed by atoms with Gasteiger partial charge in [-0.1, -0.05) is 36.4 Å². The smallest absolute Gasteiger partial charge is 0.279 e. The maximum Gasteiger partial charge on any atom is 0.279 e. The molecule has 1 amide bonds. The van der Waals surface area contributed by atoms with Crippen LogP contribution in [0.25, 0.3) is 22.3 Å². The molecule has 0 unspecified atom stereocenters. The summed E-state index contributed by atoms with van der Waals surface area (Å²) >= 11 is 0. The number of nitrogens with one attached hydrogen (secondary N) is 1. The number of rotatable bonds is 6. The lowest BCUT2D eigenvalue weighted by atomic mass is 10.1. The summed E-state index contributed by atoms with van der Waals surface area (Å²) in [5, 5.41) is 0.275. The average Bonchev–Trinajstić information content (AvgIpc) is 3.21. The van der Waals surface area contributed by atoms with Gasteiger partial charge >= 0.3 is 0 Å². The number of amides is 1. The van der Waals surface area contributed by atoms with Crippen molar-refractivity contribution in [3.8, 4) is 17.1 Å². The third kappa shape index (κ3) is 4.16. The van der Waals surface area contributed by atoms with E-state index in [0.717, 1.165) is 5.69 Å². The van der Waals surface area contributed by atoms with Crippen LogP contribution in [0.3, 0.4) is 0 Å². The van der Waals surface area contributed by atoms with Crippen LogP contribution < -0.4 is 15.0 Å². The van der Waals surface area contributed by atoms with Crippen LogP contribution in [-0.2, 0) is 10.0 Å². The van der Waals surface area contributed by atoms with Crippen molar-refractivity contribution in [1.29, 1.82) is 0 Å². The molecule has 0 aliphatic carbocycles. The van der Waals surface area contributed by atoms with Crippen molar-refractivity contribution in [2.75, 3.05) is 7.11 Å². The third-order valence-electron chi connectivity index (χ3n) is 5.71. The number of fused-ring (bicyclic) bond motifs is 1. The van der Waals surface area contributed by atoms with Crippen molar-refractivity contribution in [2.24, 2.45) is 0 Å². The molecule has 5 aromatic rings. The number of ether oxygens (including phenoxy) is 1. The normalized spacial score (nSPS) is 11.4. The fourth-order valence-electron chi connectivity index (χ4n) is 3.97. The molecule has 36 heavy (non-hydrogen) atoms. The van der Waals surface area contributed by atoms with E-state index >= 15 is 0 Å². The number of hydrogen-bond donors (Lipinski definition) is 1. The maximum absolute atomic E-state index is 13.5. The van der Waals surface area contributed by atoms with Crippen LogP contribution in [0.4, 0.5) is 0 Å². The minimum absolute atomic E-state index is 0.0436. The third-order valence-corrected chi connectivity index (χ3v) is 7.05. The molecule has 180 valence electrons. The largest absolute Gasteiger partial charge is 0.497 e. The van der Waals surface area contributed by atoms with Crippen LogP contribution in [0.15, 0.2) is 113 Å². The van der Waals surface area contributed by atoms with Crippen LogP contribution in [0.5, 0.6) is 5.75 Å². The van der Waals surface area contributed by atoms with Crippen LogP contribution in [0.1, 0.15) is 10.4 Å². The van der Waals surface area contributed by atoms with E-state index in [1.54, 1.807) is 10.7 Å². The molecular formula is C27H21N3O5S. The lowest BCUT2D eigenvalue weighted by Crippen LogP contribution is -2.30. The van der Waals surface area contributed by atoms with E-state index in [2.05, 4.69) is 4.72 Å². The van der Waals surface area contributed by atoms with Gasteiger partial charge in [0.25, 0.3) is 21.5 Å². The lowest BCUT2D eigenvalue weighted by Gasteiger charge is -2.13. The summed E-state index contributed by atoms with van der Waals surface area (Å²) in [5.74, 6) is -0.353. The molecule has 1 aromatic heterocycles. The predicted molar refractivity (Wildman–Crippen MR) is 137 cm³/mol. The van der Waals surface area contributed by atoms with Crippen molar-refractivity contribution in [3.63, 3.8) is 0 Å². The quantitative estimate of drug-likeness (QED) is 0.382. The molecule has 0 saturated heterocycles. The summed E-state index contributed by atoms with van der Waals surface area (Å²) in [7, 11) is -2.66. The molecule has 1 N–H and O–H groups in total. The Balaban J connectivity index is 1.59. The van der Waals surface area contributed by atoms with Crippen molar-refractivity contribution in [2.45, 2.75) is 4.90 Å². The van der Waals surface area contributed by atoms with Gasteiger partial charge in [-0.2, -0.15) is 0 Å². The summed E-state index contributed by atoms with van der Waals surface area (Å²) in [6, 6.07) is 28.7. The van der Waals surface area contributed by atoms with Crippen molar-refractivity contribution >= 4 is 26.8 Å². The minimum Gasteiger partial charge on any atom is -0.497 e. The molecule has 0 fully saturated rings. The van der Waals surface area contributed by atoms with Gasteiger partial charge in [-0.05, 0) is 66.7 Å². The standard InChI is InChI=1S/C27H21N3O5S/c1-35-22-13-15-23(16-14-22)36(33,34)28-26(31)19-12-17-25-24(18-19)27(32)30(21-10-6-3-7-11-21)29(25)20-8-4-2-5-9-20/h2-18H,1H3,(H,28,31). The van der Waals surface area contributed by atoms with E-state index in [4.69, 9.17) is 4.74 Å². The topological polar surface area (TPSA) is 99.4 Å². The Morgan fingerprint density at radius 3 is 1.94 bits per heavy atom. The molecule has 0 atom stereocenters. The Labute approximate surface area is 207 Å². The Kier molecular flexibility index (Phi) is 5.91. The van der Waals surface area contributed by atoms with E-state index in [9.17, 15) is 18.0 Å². The van der Waals surface area contributed by atoms with Crippen LogP contribution in [-0.4, -0.2) is 30.8 Å². The highest BCUT2D eigenvalue weighted by molar-refractivity contribution is 7.90. The van der Waals surface area contributed by atoms with Gasteiger partial charge < -0.3 is 4.74 Å². The number of aromatic nitrogens is 2. The van der Waals surface area contributed by atoms with Crippen molar-refractivity contribution in [1.82, 2.24) is 14.1 Å². The highest BCUT2D eigenvalue weighted by atomic mass is 32.2. The molecule has 0 spiro atoms. The first kappa shape index (κ1) is 23.1. The average molecular weight is 500 g/mol. The van der Waals surface area contributed by atoms with Crippen molar-refractivity contribution in [3.05, 3.63) is 119 Å². The highest BCUT2D eigenvalue weighted by Crippen LogP contribution is 2.22. The molecular weight excluding hydrogens is 478 g/mol. The number of benzene rings is 4. The number of para-hydroxylation sites is 2. The Morgan fingerprint density at radius 2 is 1.36 bits per heavy atom. The fourth-order valence-corrected chi connectivity index (χ4v) is 4.94. The molecule has 0 aliphatic heterocycles. The highest BCUT2D eigenvalue weighted by Gasteiger charge is 2.22. The van der Waals surface area contributed by atoms with Crippen LogP contribution >= 0.6 is 0 Å². The second kappa shape index (κ2) is 9.20. The van der Waals surface area contributed by atoms with Gasteiger partial charge in [-0.15, -0.1) is 0 Å². The van der Waals surface area contributed by atoms with Gasteiger partial charge in [0.2, 0.25) is 0 Å². The first-order chi connectivity index (χ1) is 17.4. The molecule has 1 heterocycles. The van der Waals surface area contributed by atoms with Crippen LogP contribution in [0, 0.1) is 0 Å². The number of sulfonamides is 1. The lowest BCUT2D eigenvalue weighted by molar-refractivity contribution is 0.0981. The van der Waals surface area contributed by atoms with E-state index in [-0.39, 0.29) is 21.4 Å². The Hall–Kier alpha value is -4.63. The second-order valence-corrected chi connectivity index (χ2v) is 9.62. The van der Waals surface area contributed by atoms with Gasteiger partial charge in [0.05, 0.1) is 34.3 Å². The summed E-state index contributed by atoms with van der Waals surface area (Å²) in [4.78, 5) is 26.4. The van der Waals surface area contributed by atoms with Gasteiger partial charge in [0, 0.05) is 5.56 Å². The number of methoxy groups -OCH3 is 1. The monoisotopic (exact) mass is 499 g/mol. The van der Waals surface area contributed by atoms with Gasteiger partial charge in [0.1, 0.15) is 5.75 Å². The zero-order chi connectivity index (χ0) is 25.3. The molecule has 4 aromatic carbocycles. The number of carbonyl (C=O) groups is 1. The minimum atomic E-state index is -4.13. The number of nitrogens with zero attached hydrogens (tertiary/aromatic N) is 2. The van der Waals surface area contributed by atoms with E-state index in [1.807, 2.05) is 60.7 Å². The maximum atomic E-state index is 13.5. The molecule has 0 radical (unpaired) electrons. The summed E-state index contributed by atoms with van der Waals surface area (Å²) in [6.07, 6.45) is 0. The van der Waals surface area contributed by atoms with E-state index in [0.29, 0.717) is 17.0 Å². The SMILES string of the molecule is COc1ccc(S(=O)(=O)NC(=O)c2ccc3c(c2)c(=O)n(-c2ccccc2)n3-c2ccccc2)cc1. The molecule has 8 nitrogen and oxygen atoms in total. The van der Waals surface area contributed by atoms with Crippen molar-refractivity contribution < 1.29 is 17.9 Å². The zero-order valence-corrected chi connectivity index (χ0v) is 20.0. The summed E-state index contributed by atoms with van der Waals surface area (Å²) < 4.78 is 35.9. The Bertz CT molecular complexity index is 1720. The van der Waals surface area contributed by atoms with Gasteiger partial charge in [-0.3, -0.25) is 9.59 Å². The number of carbonyl (C=O) groups excluding carboxylic acids is 1. The summed E-state index contributed by atoms with van der Waals surface area (Å²) in [6.45, 7) is 0. The molecule has 9 heteroatoms. The molecule has 0 bridgehead atoms. The molecule has 0 aliphatic rings. The van der Waals surface area contributed by atoms with Gasteiger partial charge in [-0.25, -0.2) is 22.5 Å². The van der Waals surface area contributed by atoms with E-state index < -0.39 is 15.9 Å². The van der Waals surface area contributed by atoms with Gasteiger partial charge in [0.15, 0.2) is 0 Å². The van der Waals surface area contributed by atoms with E-state index in [1.165, 1.54) is 48.2 Å². The molecule has 5 rings (SSSR count). The second-order valence-electron chi connectivity index (χ2n) is 7.94. The number of hydrogen-bond acceptors (Lipinski definition) is 5. The Morgan fingerprint density at radius 1 is 0.778 bits per heavy atom. The van der Waals surface area contributed by atoms with Crippen LogP contribution in [0.2, 0.25) is 0 Å².